The maximum absolute atomic E-state index is 5.48. The molecule has 0 amide bonds. The van der Waals surface area contributed by atoms with Gasteiger partial charge in [-0.05, 0) is 62.1 Å². The summed E-state index contributed by atoms with van der Waals surface area (Å²) in [4.78, 5) is 5.30. The van der Waals surface area contributed by atoms with Crippen molar-refractivity contribution in [3.8, 4) is 0 Å². The first kappa shape index (κ1) is 18.7. The summed E-state index contributed by atoms with van der Waals surface area (Å²) in [5.41, 5.74) is 3.37. The Morgan fingerprint density at radius 2 is 1.64 bits per heavy atom. The van der Waals surface area contributed by atoms with Crippen molar-refractivity contribution in [2.24, 2.45) is 11.3 Å². The maximum Gasteiger partial charge on any atom is 0.159 e. The first-order valence-electron chi connectivity index (χ1n) is 11.1. The van der Waals surface area contributed by atoms with Gasteiger partial charge in [0.15, 0.2) is 6.29 Å². The number of piperazine rings is 1. The number of nitrogens with one attached hydrogen (secondary N) is 1. The molecule has 1 saturated carbocycles. The van der Waals surface area contributed by atoms with Gasteiger partial charge in [0.2, 0.25) is 0 Å². The van der Waals surface area contributed by atoms with Gasteiger partial charge in [-0.3, -0.25) is 0 Å². The van der Waals surface area contributed by atoms with E-state index in [9.17, 15) is 0 Å². The van der Waals surface area contributed by atoms with Crippen LogP contribution in [0.25, 0.3) is 0 Å². The van der Waals surface area contributed by atoms with Crippen LogP contribution < -0.4 is 15.1 Å². The minimum absolute atomic E-state index is 0.0188. The maximum atomic E-state index is 5.48. The van der Waals surface area contributed by atoms with Gasteiger partial charge in [0, 0.05) is 69.8 Å². The van der Waals surface area contributed by atoms with Gasteiger partial charge in [-0.1, -0.05) is 6.07 Å². The Balaban J connectivity index is 1.22. The predicted octanol–water partition coefficient (Wildman–Crippen LogP) is 3.24. The van der Waals surface area contributed by atoms with Gasteiger partial charge in [-0.2, -0.15) is 0 Å². The molecule has 1 spiro atoms. The molecule has 5 heteroatoms. The molecule has 0 aromatic heterocycles. The zero-order chi connectivity index (χ0) is 19.1. The van der Waals surface area contributed by atoms with E-state index in [2.05, 4.69) is 39.4 Å². The zero-order valence-corrected chi connectivity index (χ0v) is 17.4. The van der Waals surface area contributed by atoms with E-state index in [0.29, 0.717) is 23.4 Å². The van der Waals surface area contributed by atoms with Gasteiger partial charge in [-0.15, -0.1) is 0 Å². The van der Waals surface area contributed by atoms with Crippen molar-refractivity contribution >= 4 is 11.4 Å². The molecule has 4 fully saturated rings. The number of rotatable bonds is 5. The lowest BCUT2D eigenvalue weighted by Crippen LogP contribution is -2.52. The molecule has 154 valence electrons. The summed E-state index contributed by atoms with van der Waals surface area (Å²) in [6.07, 6.45) is 7.77. The molecule has 2 atom stereocenters. The second-order valence-electron chi connectivity index (χ2n) is 9.47. The monoisotopic (exact) mass is 385 g/mol. The highest BCUT2D eigenvalue weighted by molar-refractivity contribution is 5.61. The molecule has 3 heterocycles. The first-order chi connectivity index (χ1) is 13.7. The molecule has 1 aromatic carbocycles. The van der Waals surface area contributed by atoms with Crippen LogP contribution in [0.15, 0.2) is 24.3 Å². The van der Waals surface area contributed by atoms with Gasteiger partial charge in [0.05, 0.1) is 0 Å². The smallest absolute Gasteiger partial charge is 0.159 e. The molecular formula is C23H35N3O2. The quantitative estimate of drug-likeness (QED) is 0.788. The summed E-state index contributed by atoms with van der Waals surface area (Å²) < 4.78 is 11.0. The zero-order valence-electron chi connectivity index (χ0n) is 17.4. The molecule has 2 unspecified atom stereocenters. The topological polar surface area (TPSA) is 37.0 Å². The molecule has 5 nitrogen and oxygen atoms in total. The SMILES string of the molecule is COC(OC)C1CC2(CCN(c3cccc(N4C5CCC4CNC5)c3)CC2)C1. The molecule has 1 aliphatic carbocycles. The largest absolute Gasteiger partial charge is 0.371 e. The van der Waals surface area contributed by atoms with E-state index >= 15 is 0 Å². The fourth-order valence-electron chi connectivity index (χ4n) is 6.42. The molecule has 1 N–H and O–H groups in total. The Hall–Kier alpha value is -1.30. The van der Waals surface area contributed by atoms with Crippen LogP contribution in [0, 0.1) is 11.3 Å². The number of piperidine rings is 1. The number of nitrogens with zero attached hydrogens (tertiary/aromatic N) is 2. The Morgan fingerprint density at radius 3 is 2.29 bits per heavy atom. The summed E-state index contributed by atoms with van der Waals surface area (Å²) >= 11 is 0. The first-order valence-corrected chi connectivity index (χ1v) is 11.1. The second-order valence-corrected chi connectivity index (χ2v) is 9.47. The van der Waals surface area contributed by atoms with Gasteiger partial charge >= 0.3 is 0 Å². The fraction of sp³-hybridized carbons (Fsp3) is 0.739. The van der Waals surface area contributed by atoms with E-state index in [4.69, 9.17) is 9.47 Å². The lowest BCUT2D eigenvalue weighted by atomic mass is 9.57. The van der Waals surface area contributed by atoms with E-state index in [0.717, 1.165) is 13.1 Å². The van der Waals surface area contributed by atoms with Crippen LogP contribution in [-0.2, 0) is 9.47 Å². The average Bonchev–Trinajstić information content (AvgIpc) is 2.97. The molecule has 2 bridgehead atoms. The minimum atomic E-state index is -0.0188. The Labute approximate surface area is 169 Å². The number of hydrogen-bond acceptors (Lipinski definition) is 5. The molecule has 4 aliphatic rings. The molecule has 28 heavy (non-hydrogen) atoms. The molecular weight excluding hydrogens is 350 g/mol. The lowest BCUT2D eigenvalue weighted by Gasteiger charge is -2.54. The minimum Gasteiger partial charge on any atom is -0.371 e. The predicted molar refractivity (Wildman–Crippen MR) is 113 cm³/mol. The van der Waals surface area contributed by atoms with Gasteiger partial charge in [0.1, 0.15) is 0 Å². The molecule has 3 saturated heterocycles. The van der Waals surface area contributed by atoms with E-state index in [1.54, 1.807) is 14.2 Å². The standard InChI is InChI=1S/C23H35N3O2/c1-27-22(28-2)17-13-23(14-17)8-10-25(11-9-23)18-4-3-5-19(12-18)26-20-6-7-21(26)16-24-15-20/h3-5,12,17,20-22,24H,6-11,13-16H2,1-2H3. The number of anilines is 2. The van der Waals surface area contributed by atoms with Crippen LogP contribution in [0.3, 0.4) is 0 Å². The van der Waals surface area contributed by atoms with Gasteiger partial charge < -0.3 is 24.6 Å². The van der Waals surface area contributed by atoms with Gasteiger partial charge in [-0.25, -0.2) is 0 Å². The van der Waals surface area contributed by atoms with E-state index < -0.39 is 0 Å². The van der Waals surface area contributed by atoms with Crippen LogP contribution in [0.1, 0.15) is 38.5 Å². The fourth-order valence-corrected chi connectivity index (χ4v) is 6.42. The van der Waals surface area contributed by atoms with Crippen LogP contribution >= 0.6 is 0 Å². The normalized spacial score (nSPS) is 29.5. The number of methoxy groups -OCH3 is 2. The van der Waals surface area contributed by atoms with E-state index in [1.165, 1.54) is 63.0 Å². The van der Waals surface area contributed by atoms with Crippen molar-refractivity contribution in [2.75, 3.05) is 50.2 Å². The summed E-state index contributed by atoms with van der Waals surface area (Å²) in [7, 11) is 3.53. The van der Waals surface area contributed by atoms with Crippen LogP contribution in [0.5, 0.6) is 0 Å². The highest BCUT2D eigenvalue weighted by Gasteiger charge is 2.48. The number of ether oxygens (including phenoxy) is 2. The lowest BCUT2D eigenvalue weighted by molar-refractivity contribution is -0.184. The molecule has 0 radical (unpaired) electrons. The van der Waals surface area contributed by atoms with Gasteiger partial charge in [0.25, 0.3) is 0 Å². The Morgan fingerprint density at radius 1 is 1.00 bits per heavy atom. The number of benzene rings is 1. The molecule has 3 aliphatic heterocycles. The van der Waals surface area contributed by atoms with Crippen LogP contribution in [-0.4, -0.2) is 58.8 Å². The molecule has 5 rings (SSSR count). The summed E-state index contributed by atoms with van der Waals surface area (Å²) in [5, 5.41) is 3.60. The second kappa shape index (κ2) is 7.51. The third-order valence-electron chi connectivity index (χ3n) is 7.94. The van der Waals surface area contributed by atoms with Crippen molar-refractivity contribution in [1.29, 1.82) is 0 Å². The van der Waals surface area contributed by atoms with Crippen molar-refractivity contribution in [1.82, 2.24) is 5.32 Å². The van der Waals surface area contributed by atoms with Crippen molar-refractivity contribution in [2.45, 2.75) is 56.9 Å². The summed E-state index contributed by atoms with van der Waals surface area (Å²) in [6.45, 7) is 4.63. The van der Waals surface area contributed by atoms with Crippen LogP contribution in [0.4, 0.5) is 11.4 Å². The summed E-state index contributed by atoms with van der Waals surface area (Å²) in [6, 6.07) is 10.7. The van der Waals surface area contributed by atoms with Crippen LogP contribution in [0.2, 0.25) is 0 Å². The van der Waals surface area contributed by atoms with Crippen molar-refractivity contribution < 1.29 is 9.47 Å². The highest BCUT2D eigenvalue weighted by Crippen LogP contribution is 2.54. The third-order valence-corrected chi connectivity index (χ3v) is 7.94. The Bertz CT molecular complexity index is 660. The average molecular weight is 386 g/mol. The van der Waals surface area contributed by atoms with Crippen molar-refractivity contribution in [3.63, 3.8) is 0 Å². The van der Waals surface area contributed by atoms with E-state index in [-0.39, 0.29) is 6.29 Å². The van der Waals surface area contributed by atoms with Crippen molar-refractivity contribution in [3.05, 3.63) is 24.3 Å². The van der Waals surface area contributed by atoms with E-state index in [1.807, 2.05) is 0 Å². The summed E-state index contributed by atoms with van der Waals surface area (Å²) in [5.74, 6) is 0.577. The number of fused-ring (bicyclic) bond motifs is 2. The third kappa shape index (κ3) is 3.21. The highest BCUT2D eigenvalue weighted by atomic mass is 16.7. The molecule has 1 aromatic rings. The Kier molecular flexibility index (Phi) is 5.02. The number of hydrogen-bond donors (Lipinski definition) is 1.